The van der Waals surface area contributed by atoms with Gasteiger partial charge in [-0.2, -0.15) is 0 Å². The highest BCUT2D eigenvalue weighted by Crippen LogP contribution is 2.44. The molecule has 11 aromatic rings. The van der Waals surface area contributed by atoms with Crippen molar-refractivity contribution in [1.29, 1.82) is 0 Å². The summed E-state index contributed by atoms with van der Waals surface area (Å²) in [6.45, 7) is 3.92. The second kappa shape index (κ2) is 13.8. The zero-order valence-electron chi connectivity index (χ0n) is 31.0. The number of thiophene rings is 2. The molecule has 0 aliphatic heterocycles. The average molecular weight is 762 g/mol. The fourth-order valence-electron chi connectivity index (χ4n) is 8.34. The summed E-state index contributed by atoms with van der Waals surface area (Å²) in [5.74, 6) is 0. The molecule has 2 aromatic heterocycles. The summed E-state index contributed by atoms with van der Waals surface area (Å²) in [6, 6.07) is 71.2. The molecule has 1 nitrogen and oxygen atoms in total. The number of fused-ring (bicyclic) bond motifs is 7. The van der Waals surface area contributed by atoms with Crippen LogP contribution in [-0.4, -0.2) is 0 Å². The first-order chi connectivity index (χ1) is 28.2. The second-order valence-electron chi connectivity index (χ2n) is 14.6. The lowest BCUT2D eigenvalue weighted by Gasteiger charge is -2.26. The first kappa shape index (κ1) is 33.5. The lowest BCUT2D eigenvalue weighted by Crippen LogP contribution is -2.09. The fraction of sp³-hybridized carbons (Fsp3) is 0. The van der Waals surface area contributed by atoms with Gasteiger partial charge in [-0.15, -0.1) is 22.7 Å². The van der Waals surface area contributed by atoms with E-state index in [0.717, 1.165) is 22.6 Å². The van der Waals surface area contributed by atoms with Crippen molar-refractivity contribution in [2.45, 2.75) is 0 Å². The molecular formula is C54H35NS2. The topological polar surface area (TPSA) is 3.24 Å². The Hall–Kier alpha value is -6.78. The zero-order valence-corrected chi connectivity index (χ0v) is 32.7. The Morgan fingerprint density at radius 3 is 1.42 bits per heavy atom. The van der Waals surface area contributed by atoms with Crippen LogP contribution in [0, 0.1) is 0 Å². The molecular weight excluding hydrogens is 727 g/mol. The van der Waals surface area contributed by atoms with Crippen molar-refractivity contribution in [2.24, 2.45) is 0 Å². The molecule has 0 saturated carbocycles. The van der Waals surface area contributed by atoms with Gasteiger partial charge in [0, 0.05) is 57.4 Å². The maximum Gasteiger partial charge on any atom is 0.0468 e. The molecule has 0 N–H and O–H groups in total. The average Bonchev–Trinajstić information content (AvgIpc) is 3.86. The molecule has 0 saturated heterocycles. The maximum atomic E-state index is 3.92. The van der Waals surface area contributed by atoms with Crippen molar-refractivity contribution in [3.05, 3.63) is 206 Å². The van der Waals surface area contributed by atoms with Crippen LogP contribution in [0.4, 0.5) is 17.1 Å². The van der Waals surface area contributed by atoms with Gasteiger partial charge in [0.15, 0.2) is 0 Å². The van der Waals surface area contributed by atoms with Gasteiger partial charge in [-0.1, -0.05) is 152 Å². The third-order valence-electron chi connectivity index (χ3n) is 11.2. The Labute approximate surface area is 339 Å². The molecule has 3 heteroatoms. The summed E-state index contributed by atoms with van der Waals surface area (Å²) in [5.41, 5.74) is 11.8. The predicted octanol–water partition coefficient (Wildman–Crippen LogP) is 16.7. The van der Waals surface area contributed by atoms with Crippen LogP contribution in [0.5, 0.6) is 0 Å². The van der Waals surface area contributed by atoms with Gasteiger partial charge in [-0.05, 0) is 104 Å². The van der Waals surface area contributed by atoms with E-state index in [2.05, 4.69) is 206 Å². The highest BCUT2D eigenvalue weighted by atomic mass is 32.1. The van der Waals surface area contributed by atoms with E-state index in [9.17, 15) is 0 Å². The Kier molecular flexibility index (Phi) is 8.10. The van der Waals surface area contributed by atoms with E-state index >= 15 is 0 Å². The Balaban J connectivity index is 0.996. The van der Waals surface area contributed by atoms with E-state index < -0.39 is 0 Å². The van der Waals surface area contributed by atoms with Gasteiger partial charge in [0.2, 0.25) is 0 Å². The molecule has 268 valence electrons. The minimum atomic E-state index is 1.10. The van der Waals surface area contributed by atoms with Crippen LogP contribution in [0.1, 0.15) is 5.56 Å². The largest absolute Gasteiger partial charge is 0.310 e. The molecule has 2 heterocycles. The number of benzene rings is 9. The first-order valence-electron chi connectivity index (χ1n) is 19.3. The van der Waals surface area contributed by atoms with Gasteiger partial charge in [-0.3, -0.25) is 0 Å². The highest BCUT2D eigenvalue weighted by molar-refractivity contribution is 7.26. The van der Waals surface area contributed by atoms with Crippen LogP contribution in [0.3, 0.4) is 0 Å². The van der Waals surface area contributed by atoms with Crippen LogP contribution in [-0.2, 0) is 0 Å². The molecule has 0 bridgehead atoms. The third kappa shape index (κ3) is 5.83. The van der Waals surface area contributed by atoms with Crippen molar-refractivity contribution in [1.82, 2.24) is 0 Å². The monoisotopic (exact) mass is 761 g/mol. The third-order valence-corrected chi connectivity index (χ3v) is 13.7. The summed E-state index contributed by atoms with van der Waals surface area (Å²) in [6.07, 6.45) is 1.88. The van der Waals surface area contributed by atoms with Crippen molar-refractivity contribution in [3.63, 3.8) is 0 Å². The minimum Gasteiger partial charge on any atom is -0.310 e. The van der Waals surface area contributed by atoms with Crippen molar-refractivity contribution in [2.75, 3.05) is 4.90 Å². The Morgan fingerprint density at radius 1 is 0.368 bits per heavy atom. The quantitative estimate of drug-likeness (QED) is 0.156. The lowest BCUT2D eigenvalue weighted by atomic mass is 9.99. The van der Waals surface area contributed by atoms with Gasteiger partial charge in [0.05, 0.1) is 0 Å². The van der Waals surface area contributed by atoms with Gasteiger partial charge in [0.25, 0.3) is 0 Å². The SMILES string of the molecule is C=Cc1ccc(-c2ccc(N(c3ccc(-c4cccc5c4sc4ccccc45)cc3)c3ccc4cc(-c5cccc6c5sc5ccccc56)ccc4c3)cc2)cc1. The van der Waals surface area contributed by atoms with Gasteiger partial charge < -0.3 is 4.90 Å². The lowest BCUT2D eigenvalue weighted by molar-refractivity contribution is 1.29. The van der Waals surface area contributed by atoms with Crippen LogP contribution >= 0.6 is 22.7 Å². The number of hydrogen-bond acceptors (Lipinski definition) is 3. The molecule has 0 atom stereocenters. The molecule has 0 radical (unpaired) electrons. The molecule has 0 spiro atoms. The van der Waals surface area contributed by atoms with Gasteiger partial charge >= 0.3 is 0 Å². The second-order valence-corrected chi connectivity index (χ2v) is 16.7. The van der Waals surface area contributed by atoms with Crippen molar-refractivity contribution in [3.8, 4) is 33.4 Å². The van der Waals surface area contributed by atoms with E-state index in [1.165, 1.54) is 84.5 Å². The van der Waals surface area contributed by atoms with Crippen LogP contribution < -0.4 is 4.90 Å². The minimum absolute atomic E-state index is 1.10. The molecule has 0 unspecified atom stereocenters. The predicted molar refractivity (Wildman–Crippen MR) is 251 cm³/mol. The van der Waals surface area contributed by atoms with Gasteiger partial charge in [0.1, 0.15) is 0 Å². The molecule has 0 aliphatic carbocycles. The van der Waals surface area contributed by atoms with E-state index in [4.69, 9.17) is 0 Å². The number of anilines is 3. The summed E-state index contributed by atoms with van der Waals surface area (Å²) >= 11 is 3.76. The molecule has 9 aromatic carbocycles. The number of rotatable bonds is 7. The molecule has 11 rings (SSSR count). The van der Waals surface area contributed by atoms with Crippen LogP contribution in [0.15, 0.2) is 201 Å². The van der Waals surface area contributed by atoms with E-state index in [1.54, 1.807) is 0 Å². The van der Waals surface area contributed by atoms with Gasteiger partial charge in [-0.25, -0.2) is 0 Å². The smallest absolute Gasteiger partial charge is 0.0468 e. The van der Waals surface area contributed by atoms with E-state index in [0.29, 0.717) is 0 Å². The normalized spacial score (nSPS) is 11.6. The fourth-order valence-corrected chi connectivity index (χ4v) is 10.8. The van der Waals surface area contributed by atoms with Crippen molar-refractivity contribution >= 4 is 96.9 Å². The summed E-state index contributed by atoms with van der Waals surface area (Å²) in [7, 11) is 0. The highest BCUT2D eigenvalue weighted by Gasteiger charge is 2.17. The zero-order chi connectivity index (χ0) is 37.9. The first-order valence-corrected chi connectivity index (χ1v) is 20.9. The molecule has 0 aliphatic rings. The summed E-state index contributed by atoms with van der Waals surface area (Å²) in [4.78, 5) is 2.37. The van der Waals surface area contributed by atoms with E-state index in [1.807, 2.05) is 28.7 Å². The van der Waals surface area contributed by atoms with Crippen LogP contribution in [0.2, 0.25) is 0 Å². The van der Waals surface area contributed by atoms with Crippen LogP contribution in [0.25, 0.3) is 90.6 Å². The molecule has 0 fully saturated rings. The Morgan fingerprint density at radius 2 is 0.825 bits per heavy atom. The molecule has 0 amide bonds. The molecule has 57 heavy (non-hydrogen) atoms. The Bertz CT molecular complexity index is 3290. The standard InChI is InChI=1S/C54H35NS2/c1-2-35-17-19-36(20-18-35)37-23-28-42(29-24-37)55(43-30-25-38(26-31-43)45-11-7-13-49-47-9-3-5-15-51(47)56-53(45)49)44-32-27-39-33-41(22-21-40(39)34-44)46-12-8-14-50-48-10-4-6-16-52(48)57-54(46)50/h2-34H,1H2. The van der Waals surface area contributed by atoms with Crippen molar-refractivity contribution < 1.29 is 0 Å². The maximum absolute atomic E-state index is 3.92. The summed E-state index contributed by atoms with van der Waals surface area (Å²) < 4.78 is 5.32. The van der Waals surface area contributed by atoms with E-state index in [-0.39, 0.29) is 0 Å². The number of nitrogens with zero attached hydrogens (tertiary/aromatic N) is 1. The number of hydrogen-bond donors (Lipinski definition) is 0. The summed E-state index contributed by atoms with van der Waals surface area (Å²) in [5, 5.41) is 7.72.